The molecule has 2 N–H and O–H groups in total. The fraction of sp³-hybridized carbons (Fsp3) is 0.273. The molecule has 3 aromatic rings. The number of amides is 4. The van der Waals surface area contributed by atoms with Crippen LogP contribution in [0.3, 0.4) is 0 Å². The van der Waals surface area contributed by atoms with Gasteiger partial charge in [-0.25, -0.2) is 9.48 Å². The normalized spacial score (nSPS) is 19.8. The molecule has 3 heterocycles. The highest BCUT2D eigenvalue weighted by molar-refractivity contribution is 6.09. The van der Waals surface area contributed by atoms with Gasteiger partial charge in [-0.05, 0) is 59.7 Å². The molecule has 0 bridgehead atoms. The summed E-state index contributed by atoms with van der Waals surface area (Å²) < 4.78 is 12.1. The fourth-order valence-corrected chi connectivity index (χ4v) is 3.97. The van der Waals surface area contributed by atoms with Gasteiger partial charge in [0.15, 0.2) is 11.5 Å². The molecule has 12 nitrogen and oxygen atoms in total. The number of hydrogen-bond acceptors (Lipinski definition) is 8. The Balaban J connectivity index is 1.29. The van der Waals surface area contributed by atoms with Crippen LogP contribution in [-0.4, -0.2) is 56.3 Å². The lowest BCUT2D eigenvalue weighted by atomic mass is 9.91. The van der Waals surface area contributed by atoms with E-state index in [0.717, 1.165) is 10.5 Å². The molecule has 12 heteroatoms. The monoisotopic (exact) mass is 463 g/mol. The molecule has 2 aliphatic rings. The van der Waals surface area contributed by atoms with Crippen molar-refractivity contribution in [3.8, 4) is 17.2 Å². The molecule has 2 atom stereocenters. The molecule has 0 spiro atoms. The van der Waals surface area contributed by atoms with Gasteiger partial charge in [-0.2, -0.15) is 0 Å². The highest BCUT2D eigenvalue weighted by Gasteiger charge is 2.49. The summed E-state index contributed by atoms with van der Waals surface area (Å²) in [4.78, 5) is 39.5. The first-order valence-electron chi connectivity index (χ1n) is 10.5. The second-order valence-corrected chi connectivity index (χ2v) is 8.15. The number of carbonyl (C=O) groups is 3. The van der Waals surface area contributed by atoms with E-state index in [0.29, 0.717) is 22.7 Å². The number of rotatable bonds is 6. The topological polar surface area (TPSA) is 141 Å². The summed E-state index contributed by atoms with van der Waals surface area (Å²) in [7, 11) is 0. The maximum Gasteiger partial charge on any atom is 0.325 e. The van der Waals surface area contributed by atoms with Crippen molar-refractivity contribution < 1.29 is 23.9 Å². The largest absolute Gasteiger partial charge is 0.454 e. The Labute approximate surface area is 193 Å². The molecule has 0 aliphatic carbocycles. The Hall–Kier alpha value is -4.48. The lowest BCUT2D eigenvalue weighted by Crippen LogP contribution is -2.43. The van der Waals surface area contributed by atoms with Crippen LogP contribution in [-0.2, 0) is 15.1 Å². The minimum absolute atomic E-state index is 0.156. The highest BCUT2D eigenvalue weighted by Crippen LogP contribution is 2.34. The molecule has 1 fully saturated rings. The molecule has 1 saturated heterocycles. The first-order chi connectivity index (χ1) is 16.3. The van der Waals surface area contributed by atoms with Crippen LogP contribution in [0.2, 0.25) is 0 Å². The Morgan fingerprint density at radius 2 is 2.03 bits per heavy atom. The van der Waals surface area contributed by atoms with Crippen molar-refractivity contribution >= 4 is 17.8 Å². The van der Waals surface area contributed by atoms with Gasteiger partial charge in [0.1, 0.15) is 18.4 Å². The van der Waals surface area contributed by atoms with E-state index in [2.05, 4.69) is 26.2 Å². The number of tetrazole rings is 1. The molecular formula is C22H21N7O5. The van der Waals surface area contributed by atoms with Crippen molar-refractivity contribution in [1.29, 1.82) is 0 Å². The summed E-state index contributed by atoms with van der Waals surface area (Å²) in [5, 5.41) is 16.6. The Bertz CT molecular complexity index is 1280. The average Bonchev–Trinajstić information content (AvgIpc) is 3.57. The number of benzene rings is 2. The number of nitrogens with zero attached hydrogens (tertiary/aromatic N) is 5. The van der Waals surface area contributed by atoms with Crippen LogP contribution >= 0.6 is 0 Å². The number of carbonyl (C=O) groups excluding carboxylic acids is 3. The summed E-state index contributed by atoms with van der Waals surface area (Å²) >= 11 is 0. The minimum atomic E-state index is -1.34. The minimum Gasteiger partial charge on any atom is -0.454 e. The van der Waals surface area contributed by atoms with Gasteiger partial charge in [-0.15, -0.1) is 5.10 Å². The van der Waals surface area contributed by atoms with Crippen LogP contribution in [0.15, 0.2) is 48.8 Å². The van der Waals surface area contributed by atoms with Gasteiger partial charge in [0.2, 0.25) is 12.7 Å². The second kappa shape index (κ2) is 8.14. The van der Waals surface area contributed by atoms with Gasteiger partial charge in [0.05, 0.1) is 11.7 Å². The third-order valence-electron chi connectivity index (χ3n) is 5.89. The molecule has 2 unspecified atom stereocenters. The molecule has 34 heavy (non-hydrogen) atoms. The van der Waals surface area contributed by atoms with Gasteiger partial charge in [-0.3, -0.25) is 14.5 Å². The molecule has 5 rings (SSSR count). The van der Waals surface area contributed by atoms with E-state index >= 15 is 0 Å². The van der Waals surface area contributed by atoms with Crippen LogP contribution in [0.4, 0.5) is 4.79 Å². The zero-order chi connectivity index (χ0) is 23.9. The smallest absolute Gasteiger partial charge is 0.325 e. The zero-order valence-corrected chi connectivity index (χ0v) is 18.4. The highest BCUT2D eigenvalue weighted by atomic mass is 16.7. The van der Waals surface area contributed by atoms with E-state index in [1.165, 1.54) is 11.0 Å². The van der Waals surface area contributed by atoms with Gasteiger partial charge in [0.25, 0.3) is 5.91 Å². The van der Waals surface area contributed by atoms with Gasteiger partial charge in [-0.1, -0.05) is 18.2 Å². The number of urea groups is 1. The van der Waals surface area contributed by atoms with E-state index in [9.17, 15) is 14.4 Å². The number of nitrogens with one attached hydrogen (secondary N) is 2. The maximum atomic E-state index is 13.2. The lowest BCUT2D eigenvalue weighted by molar-refractivity contribution is -0.135. The summed E-state index contributed by atoms with van der Waals surface area (Å²) in [5.41, 5.74) is 0.624. The van der Waals surface area contributed by atoms with Crippen LogP contribution in [0.5, 0.6) is 11.5 Å². The quantitative estimate of drug-likeness (QED) is 0.517. The van der Waals surface area contributed by atoms with E-state index in [-0.39, 0.29) is 12.8 Å². The second-order valence-electron chi connectivity index (χ2n) is 8.15. The molecule has 2 aromatic carbocycles. The lowest BCUT2D eigenvalue weighted by Gasteiger charge is -2.23. The first-order valence-corrected chi connectivity index (χ1v) is 10.5. The number of hydrogen-bond donors (Lipinski definition) is 2. The van der Waals surface area contributed by atoms with Crippen LogP contribution in [0.1, 0.15) is 31.0 Å². The van der Waals surface area contributed by atoms with Crippen molar-refractivity contribution in [2.45, 2.75) is 25.4 Å². The third-order valence-corrected chi connectivity index (χ3v) is 5.89. The standard InChI is InChI=1S/C22H21N7O5/c1-13(14-6-7-17-18(8-14)34-12-33-17)24-19(30)10-28-20(31)22(2,25-21(28)32)15-4-3-5-16(9-15)29-11-23-26-27-29/h3-9,11,13H,10,12H2,1-2H3,(H,24,30)(H,25,32). The van der Waals surface area contributed by atoms with Crippen molar-refractivity contribution in [2.24, 2.45) is 0 Å². The predicted octanol–water partition coefficient (Wildman–Crippen LogP) is 1.04. The van der Waals surface area contributed by atoms with Gasteiger partial charge in [0, 0.05) is 0 Å². The van der Waals surface area contributed by atoms with Crippen LogP contribution < -0.4 is 20.1 Å². The summed E-state index contributed by atoms with van der Waals surface area (Å²) in [6, 6.07) is 11.3. The van der Waals surface area contributed by atoms with E-state index in [4.69, 9.17) is 9.47 Å². The van der Waals surface area contributed by atoms with E-state index in [1.807, 2.05) is 6.07 Å². The van der Waals surface area contributed by atoms with E-state index in [1.54, 1.807) is 50.2 Å². The number of aromatic nitrogens is 4. The van der Waals surface area contributed by atoms with E-state index < -0.39 is 29.9 Å². The van der Waals surface area contributed by atoms with Crippen LogP contribution in [0, 0.1) is 0 Å². The van der Waals surface area contributed by atoms with Gasteiger partial charge < -0.3 is 20.1 Å². The molecule has 1 aromatic heterocycles. The SMILES string of the molecule is CC(NC(=O)CN1C(=O)NC(C)(c2cccc(-n3cnnn3)c2)C1=O)c1ccc2c(c1)OCO2. The fourth-order valence-electron chi connectivity index (χ4n) is 3.97. The molecule has 0 radical (unpaired) electrons. The Kier molecular flexibility index (Phi) is 5.11. The third kappa shape index (κ3) is 3.68. The molecule has 4 amide bonds. The van der Waals surface area contributed by atoms with Crippen molar-refractivity contribution in [2.75, 3.05) is 13.3 Å². The summed E-state index contributed by atoms with van der Waals surface area (Å²) in [6.45, 7) is 3.14. The predicted molar refractivity (Wildman–Crippen MR) is 116 cm³/mol. The van der Waals surface area contributed by atoms with Crippen molar-refractivity contribution in [3.63, 3.8) is 0 Å². The molecular weight excluding hydrogens is 442 g/mol. The molecule has 174 valence electrons. The van der Waals surface area contributed by atoms with Crippen molar-refractivity contribution in [3.05, 3.63) is 59.9 Å². The summed E-state index contributed by atoms with van der Waals surface area (Å²) in [6.07, 6.45) is 1.43. The number of fused-ring (bicyclic) bond motifs is 1. The Morgan fingerprint density at radius 3 is 2.82 bits per heavy atom. The average molecular weight is 463 g/mol. The van der Waals surface area contributed by atoms with Crippen molar-refractivity contribution in [1.82, 2.24) is 35.7 Å². The molecule has 0 saturated carbocycles. The van der Waals surface area contributed by atoms with Gasteiger partial charge >= 0.3 is 6.03 Å². The Morgan fingerprint density at radius 1 is 1.21 bits per heavy atom. The molecule has 2 aliphatic heterocycles. The number of ether oxygens (including phenoxy) is 2. The number of imide groups is 1. The first kappa shape index (κ1) is 21.4. The van der Waals surface area contributed by atoms with Crippen LogP contribution in [0.25, 0.3) is 5.69 Å². The summed E-state index contributed by atoms with van der Waals surface area (Å²) in [5.74, 6) is 0.245. The zero-order valence-electron chi connectivity index (χ0n) is 18.4. The maximum absolute atomic E-state index is 13.2.